The Morgan fingerprint density at radius 2 is 1.84 bits per heavy atom. The number of amides is 1. The molecule has 130 valence electrons. The lowest BCUT2D eigenvalue weighted by Gasteiger charge is -2.39. The number of likely N-dealkylation sites (tertiary alicyclic amines) is 2. The van der Waals surface area contributed by atoms with Crippen molar-refractivity contribution in [2.45, 2.75) is 32.4 Å². The Balaban J connectivity index is 1.43. The zero-order valence-electron chi connectivity index (χ0n) is 14.5. The normalized spacial score (nSPS) is 24.2. The van der Waals surface area contributed by atoms with Gasteiger partial charge in [0, 0.05) is 51.0 Å². The maximum Gasteiger partial charge on any atom is 0.230 e. The van der Waals surface area contributed by atoms with E-state index in [9.17, 15) is 4.79 Å². The van der Waals surface area contributed by atoms with E-state index < -0.39 is 0 Å². The van der Waals surface area contributed by atoms with Crippen LogP contribution in [0.2, 0.25) is 0 Å². The van der Waals surface area contributed by atoms with Crippen molar-refractivity contribution < 1.29 is 4.79 Å². The van der Waals surface area contributed by atoms with Gasteiger partial charge >= 0.3 is 0 Å². The lowest BCUT2D eigenvalue weighted by molar-refractivity contribution is -0.139. The lowest BCUT2D eigenvalue weighted by atomic mass is 9.78. The standard InChI is InChI=1S/C20H24N4O/c25-19-20(7-12-24(19)15-17-4-9-21-10-5-17)6-2-11-23(16-20)14-18-3-1-8-22-13-18/h1,3-5,8-10,13H,2,6-7,11-12,14-16H2/t20-/m0/s1. The molecule has 0 N–H and O–H groups in total. The van der Waals surface area contributed by atoms with Gasteiger partial charge in [-0.3, -0.25) is 19.7 Å². The molecule has 2 aliphatic rings. The Kier molecular flexibility index (Phi) is 4.49. The average Bonchev–Trinajstić information content (AvgIpc) is 2.93. The number of rotatable bonds is 4. The fourth-order valence-corrected chi connectivity index (χ4v) is 4.24. The van der Waals surface area contributed by atoms with Gasteiger partial charge in [0.25, 0.3) is 0 Å². The maximum absolute atomic E-state index is 13.2. The molecule has 0 aliphatic carbocycles. The Morgan fingerprint density at radius 3 is 2.64 bits per heavy atom. The Morgan fingerprint density at radius 1 is 0.960 bits per heavy atom. The number of pyridine rings is 2. The number of hydrogen-bond acceptors (Lipinski definition) is 4. The van der Waals surface area contributed by atoms with Crippen molar-refractivity contribution in [2.24, 2.45) is 5.41 Å². The highest BCUT2D eigenvalue weighted by atomic mass is 16.2. The first kappa shape index (κ1) is 16.2. The third-order valence-electron chi connectivity index (χ3n) is 5.51. The fourth-order valence-electron chi connectivity index (χ4n) is 4.24. The first-order chi connectivity index (χ1) is 12.3. The van der Waals surface area contributed by atoms with Crippen LogP contribution >= 0.6 is 0 Å². The van der Waals surface area contributed by atoms with Crippen molar-refractivity contribution in [3.05, 3.63) is 60.2 Å². The summed E-state index contributed by atoms with van der Waals surface area (Å²) < 4.78 is 0. The zero-order chi connectivity index (χ0) is 17.1. The molecule has 1 spiro atoms. The second kappa shape index (κ2) is 6.92. The summed E-state index contributed by atoms with van der Waals surface area (Å²) in [5.41, 5.74) is 2.19. The van der Waals surface area contributed by atoms with Crippen LogP contribution in [-0.4, -0.2) is 45.3 Å². The minimum atomic E-state index is -0.187. The van der Waals surface area contributed by atoms with Crippen molar-refractivity contribution >= 4 is 5.91 Å². The molecule has 1 amide bonds. The molecule has 4 rings (SSSR count). The van der Waals surface area contributed by atoms with Crippen molar-refractivity contribution in [2.75, 3.05) is 19.6 Å². The predicted molar refractivity (Wildman–Crippen MR) is 95.5 cm³/mol. The molecule has 5 heteroatoms. The van der Waals surface area contributed by atoms with Crippen molar-refractivity contribution in [1.82, 2.24) is 19.8 Å². The second-order valence-electron chi connectivity index (χ2n) is 7.29. The third kappa shape index (κ3) is 3.42. The number of nitrogens with zero attached hydrogens (tertiary/aromatic N) is 4. The van der Waals surface area contributed by atoms with Gasteiger partial charge in [-0.05, 0) is 55.1 Å². The summed E-state index contributed by atoms with van der Waals surface area (Å²) in [5.74, 6) is 0.334. The summed E-state index contributed by atoms with van der Waals surface area (Å²) in [6, 6.07) is 8.08. The van der Waals surface area contributed by atoms with E-state index in [1.165, 1.54) is 5.56 Å². The molecular formula is C20H24N4O. The summed E-state index contributed by atoms with van der Waals surface area (Å²) >= 11 is 0. The first-order valence-corrected chi connectivity index (χ1v) is 9.05. The molecule has 2 aromatic heterocycles. The zero-order valence-corrected chi connectivity index (χ0v) is 14.5. The average molecular weight is 336 g/mol. The SMILES string of the molecule is O=C1N(Cc2ccncc2)CC[C@]12CCCN(Cc1cccnc1)C2. The van der Waals surface area contributed by atoms with Crippen LogP contribution in [0.5, 0.6) is 0 Å². The van der Waals surface area contributed by atoms with E-state index in [1.807, 2.05) is 29.3 Å². The topological polar surface area (TPSA) is 49.3 Å². The summed E-state index contributed by atoms with van der Waals surface area (Å²) in [6.45, 7) is 4.38. The molecule has 0 aromatic carbocycles. The number of aromatic nitrogens is 2. The van der Waals surface area contributed by atoms with E-state index >= 15 is 0 Å². The minimum Gasteiger partial charge on any atom is -0.338 e. The van der Waals surface area contributed by atoms with Gasteiger partial charge in [-0.25, -0.2) is 0 Å². The molecule has 2 fully saturated rings. The van der Waals surface area contributed by atoms with Gasteiger partial charge < -0.3 is 4.90 Å². The number of carbonyl (C=O) groups is 1. The minimum absolute atomic E-state index is 0.187. The van der Waals surface area contributed by atoms with Crippen LogP contribution in [0.1, 0.15) is 30.4 Å². The van der Waals surface area contributed by atoms with Gasteiger partial charge in [0.05, 0.1) is 5.41 Å². The highest BCUT2D eigenvalue weighted by molar-refractivity contribution is 5.85. The monoisotopic (exact) mass is 336 g/mol. The van der Waals surface area contributed by atoms with Crippen LogP contribution < -0.4 is 0 Å². The van der Waals surface area contributed by atoms with E-state index in [1.54, 1.807) is 18.6 Å². The fraction of sp³-hybridized carbons (Fsp3) is 0.450. The van der Waals surface area contributed by atoms with Crippen LogP contribution in [0.25, 0.3) is 0 Å². The van der Waals surface area contributed by atoms with Gasteiger partial charge in [0.15, 0.2) is 0 Å². The summed E-state index contributed by atoms with van der Waals surface area (Å²) in [4.78, 5) is 25.9. The molecule has 0 radical (unpaired) electrons. The third-order valence-corrected chi connectivity index (χ3v) is 5.51. The van der Waals surface area contributed by atoms with Crippen LogP contribution in [-0.2, 0) is 17.9 Å². The first-order valence-electron chi connectivity index (χ1n) is 9.05. The highest BCUT2D eigenvalue weighted by Gasteiger charge is 2.48. The molecule has 2 aromatic rings. The summed E-state index contributed by atoms with van der Waals surface area (Å²) in [5, 5.41) is 0. The Bertz CT molecular complexity index is 721. The molecule has 4 heterocycles. The van der Waals surface area contributed by atoms with Gasteiger partial charge in [-0.1, -0.05) is 6.07 Å². The van der Waals surface area contributed by atoms with E-state index in [0.717, 1.165) is 51.0 Å². The molecule has 25 heavy (non-hydrogen) atoms. The van der Waals surface area contributed by atoms with Crippen LogP contribution in [0.4, 0.5) is 0 Å². The number of hydrogen-bond donors (Lipinski definition) is 0. The van der Waals surface area contributed by atoms with E-state index in [2.05, 4.69) is 20.9 Å². The lowest BCUT2D eigenvalue weighted by Crippen LogP contribution is -2.47. The molecular weight excluding hydrogens is 312 g/mol. The number of carbonyl (C=O) groups excluding carboxylic acids is 1. The molecule has 1 atom stereocenters. The van der Waals surface area contributed by atoms with Crippen molar-refractivity contribution in [3.8, 4) is 0 Å². The van der Waals surface area contributed by atoms with Crippen LogP contribution in [0.15, 0.2) is 49.1 Å². The summed E-state index contributed by atoms with van der Waals surface area (Å²) in [6.07, 6.45) is 10.4. The maximum atomic E-state index is 13.2. The largest absolute Gasteiger partial charge is 0.338 e. The molecule has 0 unspecified atom stereocenters. The summed E-state index contributed by atoms with van der Waals surface area (Å²) in [7, 11) is 0. The van der Waals surface area contributed by atoms with E-state index in [4.69, 9.17) is 0 Å². The molecule has 2 saturated heterocycles. The van der Waals surface area contributed by atoms with Crippen LogP contribution in [0, 0.1) is 5.41 Å². The Hall–Kier alpha value is -2.27. The van der Waals surface area contributed by atoms with Gasteiger partial charge in [0.2, 0.25) is 5.91 Å². The van der Waals surface area contributed by atoms with Gasteiger partial charge in [-0.2, -0.15) is 0 Å². The van der Waals surface area contributed by atoms with Crippen molar-refractivity contribution in [1.29, 1.82) is 0 Å². The number of piperidine rings is 1. The van der Waals surface area contributed by atoms with E-state index in [-0.39, 0.29) is 5.41 Å². The van der Waals surface area contributed by atoms with Gasteiger partial charge in [0.1, 0.15) is 0 Å². The quantitative estimate of drug-likeness (QED) is 0.861. The van der Waals surface area contributed by atoms with Crippen molar-refractivity contribution in [3.63, 3.8) is 0 Å². The molecule has 0 bridgehead atoms. The predicted octanol–water partition coefficient (Wildman–Crippen LogP) is 2.49. The Labute approximate surface area is 148 Å². The van der Waals surface area contributed by atoms with Crippen LogP contribution in [0.3, 0.4) is 0 Å². The molecule has 5 nitrogen and oxygen atoms in total. The second-order valence-corrected chi connectivity index (χ2v) is 7.29. The smallest absolute Gasteiger partial charge is 0.230 e. The molecule has 0 saturated carbocycles. The van der Waals surface area contributed by atoms with E-state index in [0.29, 0.717) is 12.5 Å². The highest BCUT2D eigenvalue weighted by Crippen LogP contribution is 2.40. The van der Waals surface area contributed by atoms with Gasteiger partial charge in [-0.15, -0.1) is 0 Å². The molecule has 2 aliphatic heterocycles.